The van der Waals surface area contributed by atoms with E-state index < -0.39 is 0 Å². The van der Waals surface area contributed by atoms with E-state index in [9.17, 15) is 4.79 Å². The summed E-state index contributed by atoms with van der Waals surface area (Å²) in [4.78, 5) is 20.8. The molecule has 0 aliphatic heterocycles. The average Bonchev–Trinajstić information content (AvgIpc) is 2.48. The molecule has 0 atom stereocenters. The number of carbonyl (C=O) groups is 1. The smallest absolute Gasteiger partial charge is 0.270 e. The van der Waals surface area contributed by atoms with Crippen LogP contribution in [0.2, 0.25) is 0 Å². The van der Waals surface area contributed by atoms with Gasteiger partial charge in [-0.25, -0.2) is 9.97 Å². The lowest BCUT2D eigenvalue weighted by Crippen LogP contribution is -2.41. The van der Waals surface area contributed by atoms with Crippen LogP contribution in [0, 0.1) is 6.92 Å². The summed E-state index contributed by atoms with van der Waals surface area (Å²) in [7, 11) is 0. The van der Waals surface area contributed by atoms with Crippen molar-refractivity contribution in [2.24, 2.45) is 0 Å². The standard InChI is InChI=1S/C18H24N4O/c1-6-13-9-7-8-12(2)15(13)21-17-19-11-10-14(20-17)16(23)22-18(3,4)5/h7-11H,6H2,1-5H3,(H,22,23)(H,19,20,21). The minimum atomic E-state index is -0.305. The van der Waals surface area contributed by atoms with Gasteiger partial charge in [-0.3, -0.25) is 4.79 Å². The Labute approximate surface area is 137 Å². The Kier molecular flexibility index (Phi) is 4.98. The first-order valence-electron chi connectivity index (χ1n) is 7.81. The van der Waals surface area contributed by atoms with E-state index in [1.165, 1.54) is 5.56 Å². The molecule has 0 fully saturated rings. The van der Waals surface area contributed by atoms with Crippen molar-refractivity contribution >= 4 is 17.5 Å². The number of rotatable bonds is 4. The third kappa shape index (κ3) is 4.52. The summed E-state index contributed by atoms with van der Waals surface area (Å²) in [5, 5.41) is 6.15. The van der Waals surface area contributed by atoms with Crippen molar-refractivity contribution in [3.8, 4) is 0 Å². The Morgan fingerprint density at radius 1 is 1.22 bits per heavy atom. The van der Waals surface area contributed by atoms with Crippen LogP contribution >= 0.6 is 0 Å². The van der Waals surface area contributed by atoms with Gasteiger partial charge in [0.15, 0.2) is 0 Å². The largest absolute Gasteiger partial charge is 0.346 e. The molecule has 5 heteroatoms. The monoisotopic (exact) mass is 312 g/mol. The maximum absolute atomic E-state index is 12.2. The number of hydrogen-bond acceptors (Lipinski definition) is 4. The van der Waals surface area contributed by atoms with E-state index in [-0.39, 0.29) is 11.4 Å². The van der Waals surface area contributed by atoms with Gasteiger partial charge in [0.25, 0.3) is 5.91 Å². The predicted octanol–water partition coefficient (Wildman–Crippen LogP) is 3.62. The lowest BCUT2D eigenvalue weighted by Gasteiger charge is -2.20. The van der Waals surface area contributed by atoms with Crippen molar-refractivity contribution < 1.29 is 4.79 Å². The predicted molar refractivity (Wildman–Crippen MR) is 93.1 cm³/mol. The van der Waals surface area contributed by atoms with E-state index in [1.807, 2.05) is 39.8 Å². The number of anilines is 2. The SMILES string of the molecule is CCc1cccc(C)c1Nc1nccc(C(=O)NC(C)(C)C)n1. The molecule has 2 N–H and O–H groups in total. The van der Waals surface area contributed by atoms with Crippen molar-refractivity contribution in [3.63, 3.8) is 0 Å². The maximum Gasteiger partial charge on any atom is 0.270 e. The van der Waals surface area contributed by atoms with Gasteiger partial charge in [0.2, 0.25) is 5.95 Å². The summed E-state index contributed by atoms with van der Waals surface area (Å²) < 4.78 is 0. The number of carbonyl (C=O) groups excluding carboxylic acids is 1. The van der Waals surface area contributed by atoms with Gasteiger partial charge in [-0.2, -0.15) is 0 Å². The fourth-order valence-electron chi connectivity index (χ4n) is 2.26. The Bertz CT molecular complexity index is 704. The van der Waals surface area contributed by atoms with Crippen molar-refractivity contribution in [1.82, 2.24) is 15.3 Å². The maximum atomic E-state index is 12.2. The number of nitrogens with one attached hydrogen (secondary N) is 2. The third-order valence-electron chi connectivity index (χ3n) is 3.35. The molecule has 1 heterocycles. The molecule has 5 nitrogen and oxygen atoms in total. The molecule has 0 aliphatic rings. The van der Waals surface area contributed by atoms with Gasteiger partial charge in [-0.15, -0.1) is 0 Å². The zero-order valence-corrected chi connectivity index (χ0v) is 14.4. The Morgan fingerprint density at radius 3 is 2.61 bits per heavy atom. The molecule has 2 aromatic rings. The van der Waals surface area contributed by atoms with Crippen molar-refractivity contribution in [2.75, 3.05) is 5.32 Å². The highest BCUT2D eigenvalue weighted by atomic mass is 16.2. The zero-order valence-electron chi connectivity index (χ0n) is 14.4. The summed E-state index contributed by atoms with van der Waals surface area (Å²) in [6.45, 7) is 9.95. The number of amides is 1. The van der Waals surface area contributed by atoms with Crippen LogP contribution in [0.1, 0.15) is 49.3 Å². The second-order valence-electron chi connectivity index (χ2n) is 6.56. The Balaban J connectivity index is 2.26. The van der Waals surface area contributed by atoms with Crippen LogP contribution in [0.25, 0.3) is 0 Å². The number of aryl methyl sites for hydroxylation is 2. The van der Waals surface area contributed by atoms with E-state index in [4.69, 9.17) is 0 Å². The Morgan fingerprint density at radius 2 is 1.96 bits per heavy atom. The lowest BCUT2D eigenvalue weighted by molar-refractivity contribution is 0.0914. The molecule has 1 aromatic heterocycles. The minimum Gasteiger partial charge on any atom is -0.346 e. The third-order valence-corrected chi connectivity index (χ3v) is 3.35. The highest BCUT2D eigenvalue weighted by Gasteiger charge is 2.17. The lowest BCUT2D eigenvalue weighted by atomic mass is 10.1. The molecule has 0 spiro atoms. The second kappa shape index (κ2) is 6.77. The number of hydrogen-bond donors (Lipinski definition) is 2. The molecule has 23 heavy (non-hydrogen) atoms. The summed E-state index contributed by atoms with van der Waals surface area (Å²) in [5.41, 5.74) is 3.36. The van der Waals surface area contributed by atoms with E-state index in [2.05, 4.69) is 33.6 Å². The molecule has 2 rings (SSSR count). The van der Waals surface area contributed by atoms with E-state index in [0.29, 0.717) is 11.6 Å². The minimum absolute atomic E-state index is 0.205. The van der Waals surface area contributed by atoms with Gasteiger partial charge in [0, 0.05) is 17.4 Å². The molecule has 0 unspecified atom stereocenters. The highest BCUT2D eigenvalue weighted by molar-refractivity contribution is 5.93. The first kappa shape index (κ1) is 16.9. The first-order chi connectivity index (χ1) is 10.8. The van der Waals surface area contributed by atoms with Crippen molar-refractivity contribution in [3.05, 3.63) is 47.3 Å². The van der Waals surface area contributed by atoms with E-state index in [1.54, 1.807) is 12.3 Å². The Hall–Kier alpha value is -2.43. The summed E-state index contributed by atoms with van der Waals surface area (Å²) in [6.07, 6.45) is 2.50. The molecule has 1 amide bonds. The van der Waals surface area contributed by atoms with Gasteiger partial charge >= 0.3 is 0 Å². The van der Waals surface area contributed by atoms with Gasteiger partial charge in [-0.1, -0.05) is 25.1 Å². The molecule has 122 valence electrons. The number of aromatic nitrogens is 2. The molecule has 1 aromatic carbocycles. The summed E-state index contributed by atoms with van der Waals surface area (Å²) >= 11 is 0. The number of benzene rings is 1. The topological polar surface area (TPSA) is 66.9 Å². The van der Waals surface area contributed by atoms with Crippen LogP contribution in [0.5, 0.6) is 0 Å². The van der Waals surface area contributed by atoms with Gasteiger partial charge in [-0.05, 0) is 51.3 Å². The number of para-hydroxylation sites is 1. The van der Waals surface area contributed by atoms with Crippen LogP contribution in [0.4, 0.5) is 11.6 Å². The highest BCUT2D eigenvalue weighted by Crippen LogP contribution is 2.23. The molecular weight excluding hydrogens is 288 g/mol. The summed E-state index contributed by atoms with van der Waals surface area (Å²) in [6, 6.07) is 7.77. The van der Waals surface area contributed by atoms with Crippen LogP contribution in [0.15, 0.2) is 30.5 Å². The van der Waals surface area contributed by atoms with Gasteiger partial charge < -0.3 is 10.6 Å². The normalized spacial score (nSPS) is 11.2. The fourth-order valence-corrected chi connectivity index (χ4v) is 2.26. The van der Waals surface area contributed by atoms with E-state index in [0.717, 1.165) is 17.7 Å². The van der Waals surface area contributed by atoms with Crippen LogP contribution in [-0.2, 0) is 6.42 Å². The van der Waals surface area contributed by atoms with Crippen LogP contribution < -0.4 is 10.6 Å². The first-order valence-corrected chi connectivity index (χ1v) is 7.81. The summed E-state index contributed by atoms with van der Waals surface area (Å²) in [5.74, 6) is 0.221. The fraction of sp³-hybridized carbons (Fsp3) is 0.389. The van der Waals surface area contributed by atoms with Crippen molar-refractivity contribution in [1.29, 1.82) is 0 Å². The average molecular weight is 312 g/mol. The quantitative estimate of drug-likeness (QED) is 0.905. The molecule has 0 saturated heterocycles. The molecule has 0 saturated carbocycles. The number of nitrogens with zero attached hydrogens (tertiary/aromatic N) is 2. The van der Waals surface area contributed by atoms with Crippen LogP contribution in [-0.4, -0.2) is 21.4 Å². The van der Waals surface area contributed by atoms with E-state index >= 15 is 0 Å². The second-order valence-corrected chi connectivity index (χ2v) is 6.56. The molecule has 0 bridgehead atoms. The molecule has 0 aliphatic carbocycles. The van der Waals surface area contributed by atoms with Gasteiger partial charge in [0.05, 0.1) is 0 Å². The zero-order chi connectivity index (χ0) is 17.0. The van der Waals surface area contributed by atoms with Crippen LogP contribution in [0.3, 0.4) is 0 Å². The molecule has 0 radical (unpaired) electrons. The van der Waals surface area contributed by atoms with Crippen molar-refractivity contribution in [2.45, 2.75) is 46.6 Å². The van der Waals surface area contributed by atoms with Gasteiger partial charge in [0.1, 0.15) is 5.69 Å². The molecular formula is C18H24N4O.